The zero-order chi connectivity index (χ0) is 17.2. The second kappa shape index (κ2) is 6.73. The number of hydrogen-bond acceptors (Lipinski definition) is 2. The van der Waals surface area contributed by atoms with E-state index in [1.54, 1.807) is 12.5 Å². The molecule has 1 atom stereocenters. The third-order valence-electron chi connectivity index (χ3n) is 4.63. The first-order valence-corrected chi connectivity index (χ1v) is 8.71. The van der Waals surface area contributed by atoms with E-state index in [0.717, 1.165) is 30.0 Å². The molecule has 1 aromatic heterocycles. The van der Waals surface area contributed by atoms with Crippen LogP contribution in [0.25, 0.3) is 0 Å². The van der Waals surface area contributed by atoms with Gasteiger partial charge < -0.3 is 9.88 Å². The fraction of sp³-hybridized carbons (Fsp3) is 0.200. The predicted octanol–water partition coefficient (Wildman–Crippen LogP) is 4.00. The number of aromatic nitrogens is 2. The van der Waals surface area contributed by atoms with E-state index in [1.165, 1.54) is 11.1 Å². The van der Waals surface area contributed by atoms with Crippen LogP contribution in [0.5, 0.6) is 0 Å². The van der Waals surface area contributed by atoms with Gasteiger partial charge in [-0.2, -0.15) is 0 Å². The predicted molar refractivity (Wildman–Crippen MR) is 97.8 cm³/mol. The summed E-state index contributed by atoms with van der Waals surface area (Å²) in [5.74, 6) is -0.0398. The van der Waals surface area contributed by atoms with E-state index < -0.39 is 0 Å². The number of benzene rings is 2. The van der Waals surface area contributed by atoms with Crippen molar-refractivity contribution < 1.29 is 4.79 Å². The summed E-state index contributed by atoms with van der Waals surface area (Å²) in [6.45, 7) is 0.749. The van der Waals surface area contributed by atoms with Crippen LogP contribution in [0.1, 0.15) is 39.5 Å². The number of aryl methyl sites for hydroxylation is 1. The Balaban J connectivity index is 1.44. The SMILES string of the molecule is O=C(NC1CCc2cc(Cl)ccc21)c1ccc(Cn2ccnc2)cc1. The number of amides is 1. The van der Waals surface area contributed by atoms with Gasteiger partial charge in [0.2, 0.25) is 0 Å². The van der Waals surface area contributed by atoms with Gasteiger partial charge in [0.25, 0.3) is 5.91 Å². The van der Waals surface area contributed by atoms with Crippen molar-refractivity contribution in [3.05, 3.63) is 88.5 Å². The van der Waals surface area contributed by atoms with Crippen molar-refractivity contribution in [3.63, 3.8) is 0 Å². The van der Waals surface area contributed by atoms with Crippen LogP contribution in [0.4, 0.5) is 0 Å². The molecule has 5 heteroatoms. The summed E-state index contributed by atoms with van der Waals surface area (Å²) in [6, 6.07) is 13.7. The zero-order valence-corrected chi connectivity index (χ0v) is 14.4. The highest BCUT2D eigenvalue weighted by Crippen LogP contribution is 2.33. The smallest absolute Gasteiger partial charge is 0.251 e. The van der Waals surface area contributed by atoms with E-state index in [1.807, 2.05) is 53.2 Å². The molecule has 0 saturated heterocycles. The molecule has 1 heterocycles. The van der Waals surface area contributed by atoms with E-state index in [4.69, 9.17) is 11.6 Å². The van der Waals surface area contributed by atoms with Gasteiger partial charge >= 0.3 is 0 Å². The molecule has 0 spiro atoms. The lowest BCUT2D eigenvalue weighted by atomic mass is 10.1. The van der Waals surface area contributed by atoms with E-state index in [9.17, 15) is 4.79 Å². The fourth-order valence-corrected chi connectivity index (χ4v) is 3.52. The van der Waals surface area contributed by atoms with Crippen LogP contribution in [0.2, 0.25) is 5.02 Å². The lowest BCUT2D eigenvalue weighted by molar-refractivity contribution is 0.0936. The number of nitrogens with one attached hydrogen (secondary N) is 1. The van der Waals surface area contributed by atoms with Gasteiger partial charge in [-0.1, -0.05) is 29.8 Å². The Kier molecular flexibility index (Phi) is 4.28. The van der Waals surface area contributed by atoms with Gasteiger partial charge in [0.1, 0.15) is 0 Å². The van der Waals surface area contributed by atoms with Gasteiger partial charge in [-0.05, 0) is 53.8 Å². The highest BCUT2D eigenvalue weighted by Gasteiger charge is 2.24. The third kappa shape index (κ3) is 3.44. The summed E-state index contributed by atoms with van der Waals surface area (Å²) in [5, 5.41) is 3.89. The molecule has 25 heavy (non-hydrogen) atoms. The standard InChI is InChI=1S/C20H18ClN3O/c21-17-6-7-18-16(11-17)5-8-19(18)23-20(25)15-3-1-14(2-4-15)12-24-10-9-22-13-24/h1-4,6-7,9-11,13,19H,5,8,12H2,(H,23,25). The number of rotatable bonds is 4. The van der Waals surface area contributed by atoms with Crippen LogP contribution in [0.3, 0.4) is 0 Å². The summed E-state index contributed by atoms with van der Waals surface area (Å²) in [4.78, 5) is 16.6. The van der Waals surface area contributed by atoms with E-state index >= 15 is 0 Å². The Labute approximate surface area is 151 Å². The molecule has 1 aliphatic rings. The van der Waals surface area contributed by atoms with Crippen LogP contribution in [0.15, 0.2) is 61.2 Å². The van der Waals surface area contributed by atoms with E-state index in [-0.39, 0.29) is 11.9 Å². The quantitative estimate of drug-likeness (QED) is 0.772. The fourth-order valence-electron chi connectivity index (χ4n) is 3.33. The Bertz CT molecular complexity index is 888. The maximum atomic E-state index is 12.6. The van der Waals surface area contributed by atoms with Crippen molar-refractivity contribution in [3.8, 4) is 0 Å². The number of fused-ring (bicyclic) bond motifs is 1. The van der Waals surface area contributed by atoms with Crippen LogP contribution in [0, 0.1) is 0 Å². The van der Waals surface area contributed by atoms with Crippen molar-refractivity contribution in [2.45, 2.75) is 25.4 Å². The largest absolute Gasteiger partial charge is 0.345 e. The topological polar surface area (TPSA) is 46.9 Å². The second-order valence-corrected chi connectivity index (χ2v) is 6.78. The molecule has 0 aliphatic heterocycles. The van der Waals surface area contributed by atoms with Gasteiger partial charge in [0, 0.05) is 29.5 Å². The molecular formula is C20H18ClN3O. The van der Waals surface area contributed by atoms with Crippen molar-refractivity contribution in [1.29, 1.82) is 0 Å². The summed E-state index contributed by atoms with van der Waals surface area (Å²) < 4.78 is 2.00. The maximum Gasteiger partial charge on any atom is 0.251 e. The first kappa shape index (κ1) is 15.9. The number of halogens is 1. The van der Waals surface area contributed by atoms with Crippen molar-refractivity contribution in [2.24, 2.45) is 0 Å². The van der Waals surface area contributed by atoms with Crippen molar-refractivity contribution in [1.82, 2.24) is 14.9 Å². The minimum Gasteiger partial charge on any atom is -0.345 e. The molecule has 3 aromatic rings. The molecule has 0 radical (unpaired) electrons. The Morgan fingerprint density at radius 1 is 1.24 bits per heavy atom. The van der Waals surface area contributed by atoms with Crippen LogP contribution < -0.4 is 5.32 Å². The Hall–Kier alpha value is -2.59. The molecule has 0 fully saturated rings. The van der Waals surface area contributed by atoms with Gasteiger partial charge in [0.15, 0.2) is 0 Å². The molecular weight excluding hydrogens is 334 g/mol. The number of nitrogens with zero attached hydrogens (tertiary/aromatic N) is 2. The average molecular weight is 352 g/mol. The molecule has 1 N–H and O–H groups in total. The summed E-state index contributed by atoms with van der Waals surface area (Å²) in [6.07, 6.45) is 7.33. The number of hydrogen-bond donors (Lipinski definition) is 1. The minimum absolute atomic E-state index is 0.0398. The molecule has 1 aliphatic carbocycles. The van der Waals surface area contributed by atoms with E-state index in [0.29, 0.717) is 5.56 Å². The van der Waals surface area contributed by atoms with Crippen LogP contribution >= 0.6 is 11.6 Å². The molecule has 2 aromatic carbocycles. The molecule has 4 rings (SSSR count). The lowest BCUT2D eigenvalue weighted by Crippen LogP contribution is -2.27. The van der Waals surface area contributed by atoms with Crippen LogP contribution in [-0.2, 0) is 13.0 Å². The van der Waals surface area contributed by atoms with Crippen LogP contribution in [-0.4, -0.2) is 15.5 Å². The maximum absolute atomic E-state index is 12.6. The number of carbonyl (C=O) groups is 1. The molecule has 126 valence electrons. The monoisotopic (exact) mass is 351 g/mol. The van der Waals surface area contributed by atoms with Gasteiger partial charge in [-0.3, -0.25) is 4.79 Å². The molecule has 0 bridgehead atoms. The first-order chi connectivity index (χ1) is 12.2. The second-order valence-electron chi connectivity index (χ2n) is 6.34. The van der Waals surface area contributed by atoms with E-state index in [2.05, 4.69) is 10.3 Å². The highest BCUT2D eigenvalue weighted by molar-refractivity contribution is 6.30. The first-order valence-electron chi connectivity index (χ1n) is 8.33. The normalized spacial score (nSPS) is 15.8. The molecule has 0 saturated carbocycles. The van der Waals surface area contributed by atoms with Gasteiger partial charge in [-0.15, -0.1) is 0 Å². The molecule has 1 amide bonds. The summed E-state index contributed by atoms with van der Waals surface area (Å²) >= 11 is 6.05. The number of imidazole rings is 1. The van der Waals surface area contributed by atoms with Gasteiger partial charge in [-0.25, -0.2) is 4.98 Å². The minimum atomic E-state index is -0.0398. The lowest BCUT2D eigenvalue weighted by Gasteiger charge is -2.14. The zero-order valence-electron chi connectivity index (χ0n) is 13.7. The Morgan fingerprint density at radius 3 is 2.84 bits per heavy atom. The highest BCUT2D eigenvalue weighted by atomic mass is 35.5. The summed E-state index contributed by atoms with van der Waals surface area (Å²) in [7, 11) is 0. The number of carbonyl (C=O) groups excluding carboxylic acids is 1. The van der Waals surface area contributed by atoms with Crippen molar-refractivity contribution >= 4 is 17.5 Å². The third-order valence-corrected chi connectivity index (χ3v) is 4.86. The molecule has 1 unspecified atom stereocenters. The Morgan fingerprint density at radius 2 is 2.08 bits per heavy atom. The van der Waals surface area contributed by atoms with Gasteiger partial charge in [0.05, 0.1) is 12.4 Å². The molecule has 4 nitrogen and oxygen atoms in total. The summed E-state index contributed by atoms with van der Waals surface area (Å²) in [5.41, 5.74) is 4.22. The van der Waals surface area contributed by atoms with Crippen molar-refractivity contribution in [2.75, 3.05) is 0 Å². The average Bonchev–Trinajstić information content (AvgIpc) is 3.25.